The van der Waals surface area contributed by atoms with E-state index in [9.17, 15) is 19.4 Å². The molecule has 0 heterocycles. The van der Waals surface area contributed by atoms with Crippen molar-refractivity contribution in [2.24, 2.45) is 5.84 Å². The zero-order valence-electron chi connectivity index (χ0n) is 13.1. The van der Waals surface area contributed by atoms with Gasteiger partial charge in [-0.3, -0.25) is 5.84 Å². The van der Waals surface area contributed by atoms with E-state index in [4.69, 9.17) is 10.6 Å². The van der Waals surface area contributed by atoms with E-state index in [1.807, 2.05) is 0 Å². The maximum absolute atomic E-state index is 13.1. The normalized spacial score (nSPS) is 13.3. The number of phenols is 2. The lowest BCUT2D eigenvalue weighted by molar-refractivity contribution is -0.152. The van der Waals surface area contributed by atoms with Crippen molar-refractivity contribution in [2.45, 2.75) is 25.5 Å². The number of esters is 1. The number of carbonyl (C=O) groups is 1. The second-order valence-electron chi connectivity index (χ2n) is 5.68. The summed E-state index contributed by atoms with van der Waals surface area (Å²) in [6.07, 6.45) is 0.124. The van der Waals surface area contributed by atoms with Crippen LogP contribution in [-0.2, 0) is 22.6 Å². The van der Waals surface area contributed by atoms with Crippen molar-refractivity contribution in [3.63, 3.8) is 0 Å². The molecule has 0 aliphatic rings. The lowest BCUT2D eigenvalue weighted by Gasteiger charge is -2.26. The summed E-state index contributed by atoms with van der Waals surface area (Å²) >= 11 is 0. The predicted octanol–water partition coefficient (Wildman–Crippen LogP) is 1.74. The molecule has 2 rings (SSSR count). The first-order valence-electron chi connectivity index (χ1n) is 7.24. The summed E-state index contributed by atoms with van der Waals surface area (Å²) < 4.78 is 18.3. The molecule has 0 amide bonds. The van der Waals surface area contributed by atoms with Crippen LogP contribution < -0.4 is 11.3 Å². The highest BCUT2D eigenvalue weighted by atomic mass is 19.1. The van der Waals surface area contributed by atoms with Crippen molar-refractivity contribution in [3.8, 4) is 11.5 Å². The lowest BCUT2D eigenvalue weighted by atomic mass is 9.93. The van der Waals surface area contributed by atoms with Gasteiger partial charge < -0.3 is 14.9 Å². The van der Waals surface area contributed by atoms with E-state index in [-0.39, 0.29) is 24.5 Å². The van der Waals surface area contributed by atoms with Gasteiger partial charge in [0, 0.05) is 6.42 Å². The Morgan fingerprint density at radius 3 is 2.58 bits per heavy atom. The molecule has 0 saturated heterocycles. The molecule has 2 aromatic carbocycles. The Morgan fingerprint density at radius 1 is 1.21 bits per heavy atom. The first-order valence-corrected chi connectivity index (χ1v) is 7.24. The number of carbonyl (C=O) groups excluding carboxylic acids is 1. The number of halogens is 1. The van der Waals surface area contributed by atoms with E-state index in [0.29, 0.717) is 11.1 Å². The fourth-order valence-corrected chi connectivity index (χ4v) is 2.20. The Hall–Kier alpha value is -2.64. The second kappa shape index (κ2) is 7.29. The molecule has 0 unspecified atom stereocenters. The summed E-state index contributed by atoms with van der Waals surface area (Å²) in [5, 5.41) is 18.9. The molecule has 0 radical (unpaired) electrons. The molecule has 0 spiro atoms. The number of rotatable bonds is 6. The van der Waals surface area contributed by atoms with Crippen molar-refractivity contribution in [3.05, 3.63) is 59.4 Å². The summed E-state index contributed by atoms with van der Waals surface area (Å²) in [6.45, 7) is 1.46. The van der Waals surface area contributed by atoms with Crippen LogP contribution in [0.15, 0.2) is 42.5 Å². The molecule has 24 heavy (non-hydrogen) atoms. The van der Waals surface area contributed by atoms with E-state index in [2.05, 4.69) is 5.43 Å². The van der Waals surface area contributed by atoms with Gasteiger partial charge in [-0.25, -0.2) is 14.6 Å². The maximum atomic E-state index is 13.1. The number of nitrogens with two attached hydrogens (primary N) is 1. The fraction of sp³-hybridized carbons (Fsp3) is 0.235. The molecule has 1 atom stereocenters. The van der Waals surface area contributed by atoms with Crippen LogP contribution in [0, 0.1) is 5.82 Å². The summed E-state index contributed by atoms with van der Waals surface area (Å²) in [7, 11) is 0. The lowest BCUT2D eigenvalue weighted by Crippen LogP contribution is -2.55. The number of phenolic OH excluding ortho intramolecular Hbond substituents is 2. The number of nitrogens with one attached hydrogen (secondary N) is 1. The summed E-state index contributed by atoms with van der Waals surface area (Å²) in [6, 6.07) is 9.96. The summed E-state index contributed by atoms with van der Waals surface area (Å²) in [5.74, 6) is 3.91. The average molecular weight is 334 g/mol. The Bertz CT molecular complexity index is 738. The molecule has 128 valence electrons. The fourth-order valence-electron chi connectivity index (χ4n) is 2.20. The number of hydrazine groups is 1. The molecule has 6 nitrogen and oxygen atoms in total. The van der Waals surface area contributed by atoms with E-state index < -0.39 is 17.3 Å². The van der Waals surface area contributed by atoms with Gasteiger partial charge in [0.1, 0.15) is 18.0 Å². The van der Waals surface area contributed by atoms with Crippen LogP contribution in [0.2, 0.25) is 0 Å². The quantitative estimate of drug-likeness (QED) is 0.278. The molecule has 0 fully saturated rings. The minimum atomic E-state index is -1.25. The predicted molar refractivity (Wildman–Crippen MR) is 85.4 cm³/mol. The topological polar surface area (TPSA) is 105 Å². The molecule has 2 aromatic rings. The molecule has 5 N–H and O–H groups in total. The van der Waals surface area contributed by atoms with Crippen molar-refractivity contribution in [1.29, 1.82) is 0 Å². The number of hydrogen-bond donors (Lipinski definition) is 4. The van der Waals surface area contributed by atoms with Gasteiger partial charge in [0.15, 0.2) is 11.5 Å². The molecule has 0 aromatic heterocycles. The summed E-state index contributed by atoms with van der Waals surface area (Å²) in [4.78, 5) is 12.3. The highest BCUT2D eigenvalue weighted by Crippen LogP contribution is 2.27. The first-order chi connectivity index (χ1) is 11.3. The van der Waals surface area contributed by atoms with Gasteiger partial charge in [0.2, 0.25) is 0 Å². The van der Waals surface area contributed by atoms with Gasteiger partial charge in [-0.05, 0) is 42.3 Å². The monoisotopic (exact) mass is 334 g/mol. The molecule has 0 bridgehead atoms. The zero-order chi connectivity index (χ0) is 17.7. The second-order valence-corrected chi connectivity index (χ2v) is 5.68. The molecular formula is C17H19FN2O4. The van der Waals surface area contributed by atoms with Crippen LogP contribution >= 0.6 is 0 Å². The third-order valence-electron chi connectivity index (χ3n) is 3.63. The maximum Gasteiger partial charge on any atom is 0.328 e. The number of hydrogen-bond acceptors (Lipinski definition) is 6. The third-order valence-corrected chi connectivity index (χ3v) is 3.63. The van der Waals surface area contributed by atoms with Gasteiger partial charge in [0.05, 0.1) is 0 Å². The zero-order valence-corrected chi connectivity index (χ0v) is 13.1. The average Bonchev–Trinajstić information content (AvgIpc) is 2.56. The van der Waals surface area contributed by atoms with Gasteiger partial charge in [-0.2, -0.15) is 0 Å². The summed E-state index contributed by atoms with van der Waals surface area (Å²) in [5.41, 5.74) is 2.26. The van der Waals surface area contributed by atoms with E-state index >= 15 is 0 Å². The third kappa shape index (κ3) is 4.21. The van der Waals surface area contributed by atoms with Crippen LogP contribution in [0.3, 0.4) is 0 Å². The standard InChI is InChI=1S/C17H19FN2O4/c1-17(20-19,9-11-5-6-14(21)15(22)8-11)16(23)24-10-12-3-2-4-13(18)7-12/h2-8,20-22H,9-10,19H2,1H3/t17-/m0/s1. The Labute approximate surface area is 138 Å². The molecule has 7 heteroatoms. The van der Waals surface area contributed by atoms with Gasteiger partial charge >= 0.3 is 5.97 Å². The van der Waals surface area contributed by atoms with E-state index in [1.165, 1.54) is 30.3 Å². The van der Waals surface area contributed by atoms with E-state index in [1.54, 1.807) is 19.1 Å². The smallest absolute Gasteiger partial charge is 0.328 e. The van der Waals surface area contributed by atoms with Crippen molar-refractivity contribution in [1.82, 2.24) is 5.43 Å². The van der Waals surface area contributed by atoms with Crippen LogP contribution in [0.25, 0.3) is 0 Å². The SMILES string of the molecule is C[C@@](Cc1ccc(O)c(O)c1)(NN)C(=O)OCc1cccc(F)c1. The Morgan fingerprint density at radius 2 is 1.96 bits per heavy atom. The largest absolute Gasteiger partial charge is 0.504 e. The van der Waals surface area contributed by atoms with Crippen LogP contribution in [0.5, 0.6) is 11.5 Å². The molecule has 0 aliphatic heterocycles. The van der Waals surface area contributed by atoms with Gasteiger partial charge in [-0.1, -0.05) is 18.2 Å². The number of ether oxygens (including phenoxy) is 1. The van der Waals surface area contributed by atoms with Gasteiger partial charge in [-0.15, -0.1) is 0 Å². The number of aromatic hydroxyl groups is 2. The van der Waals surface area contributed by atoms with Crippen molar-refractivity contribution < 1.29 is 24.1 Å². The van der Waals surface area contributed by atoms with Gasteiger partial charge in [0.25, 0.3) is 0 Å². The Balaban J connectivity index is 2.07. The van der Waals surface area contributed by atoms with Crippen LogP contribution in [0.4, 0.5) is 4.39 Å². The highest BCUT2D eigenvalue weighted by molar-refractivity contribution is 5.80. The minimum Gasteiger partial charge on any atom is -0.504 e. The van der Waals surface area contributed by atoms with Crippen LogP contribution in [-0.4, -0.2) is 21.7 Å². The Kier molecular flexibility index (Phi) is 5.38. The molecule has 0 saturated carbocycles. The number of benzene rings is 2. The minimum absolute atomic E-state index is 0.0886. The molecular weight excluding hydrogens is 315 g/mol. The molecule has 0 aliphatic carbocycles. The van der Waals surface area contributed by atoms with Crippen molar-refractivity contribution >= 4 is 5.97 Å². The van der Waals surface area contributed by atoms with E-state index in [0.717, 1.165) is 0 Å². The first kappa shape index (κ1) is 17.7. The van der Waals surface area contributed by atoms with Crippen LogP contribution in [0.1, 0.15) is 18.1 Å². The highest BCUT2D eigenvalue weighted by Gasteiger charge is 2.34. The van der Waals surface area contributed by atoms with Crippen molar-refractivity contribution in [2.75, 3.05) is 0 Å².